The Bertz CT molecular complexity index is 1300. The van der Waals surface area contributed by atoms with Crippen molar-refractivity contribution in [2.45, 2.75) is 65.5 Å². The molecule has 0 aliphatic carbocycles. The number of aryl methyl sites for hydroxylation is 3. The van der Waals surface area contributed by atoms with Crippen molar-refractivity contribution >= 4 is 17.4 Å². The lowest BCUT2D eigenvalue weighted by atomic mass is 9.81. The molecule has 5 nitrogen and oxygen atoms in total. The zero-order valence-corrected chi connectivity index (χ0v) is 22.3. The number of hydrogen-bond donors (Lipinski definition) is 1. The van der Waals surface area contributed by atoms with Gasteiger partial charge in [0.2, 0.25) is 5.91 Å². The molecule has 1 amide bonds. The maximum absolute atomic E-state index is 14.0. The topological polar surface area (TPSA) is 56.7 Å². The van der Waals surface area contributed by atoms with Crippen LogP contribution in [0, 0.1) is 26.6 Å². The van der Waals surface area contributed by atoms with Gasteiger partial charge in [-0.2, -0.15) is 0 Å². The number of hydrogen-bond acceptors (Lipinski definition) is 4. The smallest absolute Gasteiger partial charge is 0.236 e. The van der Waals surface area contributed by atoms with Crippen LogP contribution in [-0.2, 0) is 10.2 Å². The van der Waals surface area contributed by atoms with Crippen LogP contribution < -0.4 is 9.80 Å². The summed E-state index contributed by atoms with van der Waals surface area (Å²) in [5.74, 6) is 0.251. The van der Waals surface area contributed by atoms with Crippen molar-refractivity contribution in [3.05, 3.63) is 76.7 Å². The molecule has 36 heavy (non-hydrogen) atoms. The summed E-state index contributed by atoms with van der Waals surface area (Å²) in [4.78, 5) is 22.2. The van der Waals surface area contributed by atoms with Gasteiger partial charge in [-0.3, -0.25) is 4.79 Å². The molecule has 0 saturated carbocycles. The number of carbonyl (C=O) groups is 1. The Kier molecular flexibility index (Phi) is 6.69. The minimum atomic E-state index is -0.990. The third-order valence-corrected chi connectivity index (χ3v) is 7.38. The molecule has 2 heterocycles. The van der Waals surface area contributed by atoms with Gasteiger partial charge in [-0.1, -0.05) is 35.4 Å². The number of likely N-dealkylation sites (N-methyl/N-ethyl adjacent to an activating group) is 1. The number of pyridine rings is 1. The van der Waals surface area contributed by atoms with E-state index in [1.165, 1.54) is 12.1 Å². The molecule has 4 rings (SSSR count). The number of amides is 1. The highest BCUT2D eigenvalue weighted by atomic mass is 19.1. The second-order valence-electron chi connectivity index (χ2n) is 10.9. The van der Waals surface area contributed by atoms with Gasteiger partial charge in [-0.05, 0) is 89.3 Å². The van der Waals surface area contributed by atoms with E-state index in [1.54, 1.807) is 31.1 Å². The maximum atomic E-state index is 14.0. The largest absolute Gasteiger partial charge is 0.371 e. The van der Waals surface area contributed by atoms with Gasteiger partial charge in [0.25, 0.3) is 0 Å². The minimum Gasteiger partial charge on any atom is -0.371 e. The van der Waals surface area contributed by atoms with Crippen molar-refractivity contribution < 1.29 is 14.3 Å². The van der Waals surface area contributed by atoms with Crippen LogP contribution in [0.2, 0.25) is 0 Å². The Morgan fingerprint density at radius 2 is 1.75 bits per heavy atom. The van der Waals surface area contributed by atoms with Crippen LogP contribution in [0.3, 0.4) is 0 Å². The van der Waals surface area contributed by atoms with E-state index in [2.05, 4.69) is 23.2 Å². The quantitative estimate of drug-likeness (QED) is 0.473. The Morgan fingerprint density at radius 1 is 1.08 bits per heavy atom. The molecule has 3 aromatic rings. The van der Waals surface area contributed by atoms with Crippen molar-refractivity contribution in [2.75, 3.05) is 23.4 Å². The van der Waals surface area contributed by atoms with Crippen LogP contribution in [0.4, 0.5) is 15.9 Å². The molecule has 1 aromatic heterocycles. The predicted octanol–water partition coefficient (Wildman–Crippen LogP) is 6.06. The summed E-state index contributed by atoms with van der Waals surface area (Å²) < 4.78 is 14.0. The van der Waals surface area contributed by atoms with Crippen LogP contribution in [0.25, 0.3) is 11.1 Å². The Labute approximate surface area is 213 Å². The van der Waals surface area contributed by atoms with E-state index in [0.29, 0.717) is 24.5 Å². The first-order chi connectivity index (χ1) is 16.8. The first-order valence-corrected chi connectivity index (χ1v) is 12.4. The molecule has 1 atom stereocenters. The molecule has 190 valence electrons. The van der Waals surface area contributed by atoms with E-state index >= 15 is 0 Å². The standard InChI is InChI=1S/C30H36FN3O2/c1-19-13-20(2)15-22(14-19)29(4,5)28(35)33(7)26-18-32-27(34-12-8-11-30(34,6)36)17-25(26)24-10-9-23(31)16-21(24)3/h9-10,13-18,36H,8,11-12H2,1-7H3. The zero-order valence-electron chi connectivity index (χ0n) is 22.3. The predicted molar refractivity (Wildman–Crippen MR) is 144 cm³/mol. The first kappa shape index (κ1) is 25.8. The zero-order chi connectivity index (χ0) is 26.4. The fourth-order valence-electron chi connectivity index (χ4n) is 5.29. The highest BCUT2D eigenvalue weighted by molar-refractivity contribution is 6.03. The van der Waals surface area contributed by atoms with Crippen molar-refractivity contribution in [2.24, 2.45) is 0 Å². The molecule has 1 aliphatic rings. The molecule has 1 aliphatic heterocycles. The van der Waals surface area contributed by atoms with Gasteiger partial charge < -0.3 is 14.9 Å². The average Bonchev–Trinajstić information content (AvgIpc) is 3.16. The summed E-state index contributed by atoms with van der Waals surface area (Å²) in [7, 11) is 1.76. The second kappa shape index (κ2) is 9.32. The van der Waals surface area contributed by atoms with Gasteiger partial charge >= 0.3 is 0 Å². The molecule has 1 unspecified atom stereocenters. The van der Waals surface area contributed by atoms with Crippen molar-refractivity contribution in [3.8, 4) is 11.1 Å². The van der Waals surface area contributed by atoms with E-state index in [0.717, 1.165) is 39.8 Å². The molecule has 1 saturated heterocycles. The normalized spacial score (nSPS) is 18.0. The summed E-state index contributed by atoms with van der Waals surface area (Å²) in [6, 6.07) is 12.8. The number of aromatic nitrogens is 1. The molecule has 2 aromatic carbocycles. The van der Waals surface area contributed by atoms with Crippen LogP contribution in [0.15, 0.2) is 48.7 Å². The molecule has 1 fully saturated rings. The van der Waals surface area contributed by atoms with E-state index < -0.39 is 11.1 Å². The van der Waals surface area contributed by atoms with Crippen LogP contribution in [-0.4, -0.2) is 35.3 Å². The number of benzene rings is 2. The maximum Gasteiger partial charge on any atom is 0.236 e. The van der Waals surface area contributed by atoms with Crippen LogP contribution in [0.5, 0.6) is 0 Å². The molecule has 6 heteroatoms. The van der Waals surface area contributed by atoms with E-state index in [4.69, 9.17) is 0 Å². The number of halogens is 1. The van der Waals surface area contributed by atoms with Gasteiger partial charge in [0.05, 0.1) is 17.3 Å². The molecular formula is C30H36FN3O2. The first-order valence-electron chi connectivity index (χ1n) is 12.4. The molecule has 0 spiro atoms. The Hall–Kier alpha value is -3.25. The van der Waals surface area contributed by atoms with Crippen molar-refractivity contribution in [3.63, 3.8) is 0 Å². The lowest BCUT2D eigenvalue weighted by molar-refractivity contribution is -0.122. The Balaban J connectivity index is 1.82. The fourth-order valence-corrected chi connectivity index (χ4v) is 5.29. The second-order valence-corrected chi connectivity index (χ2v) is 10.9. The van der Waals surface area contributed by atoms with Gasteiger partial charge in [-0.25, -0.2) is 9.37 Å². The Morgan fingerprint density at radius 3 is 2.33 bits per heavy atom. The molecule has 0 radical (unpaired) electrons. The number of nitrogens with zero attached hydrogens (tertiary/aromatic N) is 3. The number of rotatable bonds is 5. The summed E-state index contributed by atoms with van der Waals surface area (Å²) in [5.41, 5.74) is 4.39. The third-order valence-electron chi connectivity index (χ3n) is 7.38. The lowest BCUT2D eigenvalue weighted by Gasteiger charge is -2.34. The number of anilines is 2. The van der Waals surface area contributed by atoms with Gasteiger partial charge in [0.1, 0.15) is 17.4 Å². The van der Waals surface area contributed by atoms with Gasteiger partial charge in [0.15, 0.2) is 0 Å². The molecule has 0 bridgehead atoms. The van der Waals surface area contributed by atoms with Gasteiger partial charge in [0, 0.05) is 19.2 Å². The monoisotopic (exact) mass is 489 g/mol. The summed E-state index contributed by atoms with van der Waals surface area (Å²) >= 11 is 0. The lowest BCUT2D eigenvalue weighted by Crippen LogP contribution is -2.42. The number of carbonyl (C=O) groups excluding carboxylic acids is 1. The fraction of sp³-hybridized carbons (Fsp3) is 0.400. The summed E-state index contributed by atoms with van der Waals surface area (Å²) in [5, 5.41) is 10.9. The molecule has 1 N–H and O–H groups in total. The van der Waals surface area contributed by atoms with Crippen LogP contribution in [0.1, 0.15) is 55.9 Å². The van der Waals surface area contributed by atoms with E-state index in [-0.39, 0.29) is 11.7 Å². The van der Waals surface area contributed by atoms with Crippen molar-refractivity contribution in [1.29, 1.82) is 0 Å². The van der Waals surface area contributed by atoms with Gasteiger partial charge in [-0.15, -0.1) is 0 Å². The minimum absolute atomic E-state index is 0.0729. The van der Waals surface area contributed by atoms with E-state index in [1.807, 2.05) is 45.6 Å². The van der Waals surface area contributed by atoms with Crippen LogP contribution >= 0.6 is 0 Å². The number of aliphatic hydroxyl groups is 1. The highest BCUT2D eigenvalue weighted by Gasteiger charge is 2.37. The third kappa shape index (κ3) is 4.74. The summed E-state index contributed by atoms with van der Waals surface area (Å²) in [6.45, 7) is 12.3. The van der Waals surface area contributed by atoms with E-state index in [9.17, 15) is 14.3 Å². The summed E-state index contributed by atoms with van der Waals surface area (Å²) in [6.07, 6.45) is 3.21. The average molecular weight is 490 g/mol. The molecular weight excluding hydrogens is 453 g/mol. The van der Waals surface area contributed by atoms with Crippen molar-refractivity contribution in [1.82, 2.24) is 4.98 Å². The highest BCUT2D eigenvalue weighted by Crippen LogP contribution is 2.39. The SMILES string of the molecule is Cc1cc(C)cc(C(C)(C)C(=O)N(C)c2cnc(N3CCCC3(C)O)cc2-c2ccc(F)cc2C)c1.